The van der Waals surface area contributed by atoms with Crippen molar-refractivity contribution in [1.29, 1.82) is 0 Å². The topological polar surface area (TPSA) is 67.5 Å². The molecule has 0 bridgehead atoms. The molecule has 21 heavy (non-hydrogen) atoms. The molecule has 1 aromatic carbocycles. The molecule has 0 saturated carbocycles. The van der Waals surface area contributed by atoms with Gasteiger partial charge in [-0.3, -0.25) is 15.5 Å². The monoisotopic (exact) mass is 315 g/mol. The van der Waals surface area contributed by atoms with Crippen molar-refractivity contribution in [3.8, 4) is 0 Å². The van der Waals surface area contributed by atoms with Crippen LogP contribution < -0.4 is 5.43 Å². The molecular weight excluding hydrogens is 307 g/mol. The van der Waals surface area contributed by atoms with Crippen molar-refractivity contribution in [2.75, 3.05) is 5.43 Å². The Labute approximate surface area is 120 Å². The fraction of sp³-hybridized carbons (Fsp3) is 0.0833. The van der Waals surface area contributed by atoms with E-state index in [4.69, 9.17) is 0 Å². The quantitative estimate of drug-likeness (QED) is 0.524. The molecule has 2 rings (SSSR count). The smallest absolute Gasteiger partial charge is 0.278 e. The van der Waals surface area contributed by atoms with E-state index in [1.807, 2.05) is 0 Å². The zero-order chi connectivity index (χ0) is 15.5. The highest BCUT2D eigenvalue weighted by molar-refractivity contribution is 7.11. The molecule has 1 heterocycles. The van der Waals surface area contributed by atoms with Crippen molar-refractivity contribution in [2.24, 2.45) is 5.10 Å². The number of rotatable bonds is 4. The van der Waals surface area contributed by atoms with E-state index in [2.05, 4.69) is 10.5 Å². The van der Waals surface area contributed by atoms with Crippen LogP contribution in [0.3, 0.4) is 0 Å². The first-order chi connectivity index (χ1) is 9.88. The Morgan fingerprint density at radius 1 is 1.33 bits per heavy atom. The summed E-state index contributed by atoms with van der Waals surface area (Å²) in [6, 6.07) is 5.96. The number of benzene rings is 1. The van der Waals surface area contributed by atoms with E-state index >= 15 is 0 Å². The number of non-ortho nitro benzene ring substituents is 1. The number of hydrazone groups is 1. The third-order valence-electron chi connectivity index (χ3n) is 2.44. The molecule has 0 amide bonds. The minimum absolute atomic E-state index is 0.346. The van der Waals surface area contributed by atoms with Gasteiger partial charge >= 0.3 is 6.18 Å². The molecule has 0 atom stereocenters. The Balaban J connectivity index is 2.28. The van der Waals surface area contributed by atoms with Crippen molar-refractivity contribution in [1.82, 2.24) is 0 Å². The lowest BCUT2D eigenvalue weighted by atomic mass is 10.1. The number of hydrogen-bond acceptors (Lipinski definition) is 5. The van der Waals surface area contributed by atoms with Crippen LogP contribution >= 0.6 is 11.3 Å². The van der Waals surface area contributed by atoms with Gasteiger partial charge in [-0.05, 0) is 17.5 Å². The predicted molar refractivity (Wildman–Crippen MR) is 73.6 cm³/mol. The Hall–Kier alpha value is -2.42. The molecule has 0 aliphatic carbocycles. The molecule has 110 valence electrons. The first kappa shape index (κ1) is 15.0. The summed E-state index contributed by atoms with van der Waals surface area (Å²) < 4.78 is 38.6. The summed E-state index contributed by atoms with van der Waals surface area (Å²) in [6.07, 6.45) is -3.35. The highest BCUT2D eigenvalue weighted by Crippen LogP contribution is 2.37. The maximum Gasteiger partial charge on any atom is 0.418 e. The average molecular weight is 315 g/mol. The van der Waals surface area contributed by atoms with E-state index < -0.39 is 22.4 Å². The number of halogens is 3. The van der Waals surface area contributed by atoms with E-state index in [0.29, 0.717) is 6.07 Å². The maximum atomic E-state index is 12.9. The van der Waals surface area contributed by atoms with Gasteiger partial charge in [-0.25, -0.2) is 0 Å². The van der Waals surface area contributed by atoms with Crippen LogP contribution in [-0.4, -0.2) is 11.1 Å². The van der Waals surface area contributed by atoms with Crippen molar-refractivity contribution in [2.45, 2.75) is 6.18 Å². The van der Waals surface area contributed by atoms with E-state index in [1.54, 1.807) is 17.5 Å². The molecule has 2 aromatic rings. The number of nitrogens with zero attached hydrogens (tertiary/aromatic N) is 2. The molecule has 9 heteroatoms. The summed E-state index contributed by atoms with van der Waals surface area (Å²) in [4.78, 5) is 10.4. The van der Waals surface area contributed by atoms with Crippen LogP contribution in [0.1, 0.15) is 10.4 Å². The number of alkyl halides is 3. The van der Waals surface area contributed by atoms with Crippen LogP contribution in [0.15, 0.2) is 40.8 Å². The minimum Gasteiger partial charge on any atom is -0.278 e. The van der Waals surface area contributed by atoms with Crippen LogP contribution in [0.4, 0.5) is 24.5 Å². The standard InChI is InChI=1S/C12H8F3N3O2S/c13-12(14,15)10-6-8(18(19)20)3-4-11(10)17-16-7-9-2-1-5-21-9/h1-7,17H/b16-7-. The molecular formula is C12H8F3N3O2S. The Morgan fingerprint density at radius 3 is 2.67 bits per heavy atom. The zero-order valence-corrected chi connectivity index (χ0v) is 11.1. The minimum atomic E-state index is -4.72. The normalized spacial score (nSPS) is 11.8. The number of nitro groups is 1. The van der Waals surface area contributed by atoms with Crippen molar-refractivity contribution in [3.05, 3.63) is 56.3 Å². The third kappa shape index (κ3) is 3.78. The van der Waals surface area contributed by atoms with Gasteiger partial charge in [-0.1, -0.05) is 6.07 Å². The molecule has 0 fully saturated rings. The lowest BCUT2D eigenvalue weighted by Gasteiger charge is -2.11. The highest BCUT2D eigenvalue weighted by Gasteiger charge is 2.35. The second-order valence-electron chi connectivity index (χ2n) is 3.87. The van der Waals surface area contributed by atoms with Gasteiger partial charge in [0.15, 0.2) is 0 Å². The molecule has 1 N–H and O–H groups in total. The van der Waals surface area contributed by atoms with Gasteiger partial charge < -0.3 is 0 Å². The lowest BCUT2D eigenvalue weighted by molar-refractivity contribution is -0.385. The summed E-state index contributed by atoms with van der Waals surface area (Å²) >= 11 is 1.37. The summed E-state index contributed by atoms with van der Waals surface area (Å²) in [5, 5.41) is 16.0. The average Bonchev–Trinajstić information content (AvgIpc) is 2.90. The van der Waals surface area contributed by atoms with E-state index in [9.17, 15) is 23.3 Å². The van der Waals surface area contributed by atoms with Gasteiger partial charge in [-0.15, -0.1) is 11.3 Å². The van der Waals surface area contributed by atoms with Gasteiger partial charge in [0.1, 0.15) is 0 Å². The lowest BCUT2D eigenvalue weighted by Crippen LogP contribution is -2.09. The second-order valence-corrected chi connectivity index (χ2v) is 4.85. The zero-order valence-electron chi connectivity index (χ0n) is 10.3. The Bertz CT molecular complexity index is 669. The fourth-order valence-electron chi connectivity index (χ4n) is 1.51. The number of nitro benzene ring substituents is 1. The van der Waals surface area contributed by atoms with Crippen LogP contribution in [0.5, 0.6) is 0 Å². The predicted octanol–water partition coefficient (Wildman–Crippen LogP) is 4.12. The summed E-state index contributed by atoms with van der Waals surface area (Å²) in [6.45, 7) is 0. The molecule has 5 nitrogen and oxygen atoms in total. The fourth-order valence-corrected chi connectivity index (χ4v) is 2.09. The Kier molecular flexibility index (Phi) is 4.22. The SMILES string of the molecule is O=[N+]([O-])c1ccc(N/N=C\c2cccs2)c(C(F)(F)F)c1. The molecule has 0 aliphatic rings. The van der Waals surface area contributed by atoms with Gasteiger partial charge in [0.25, 0.3) is 5.69 Å². The van der Waals surface area contributed by atoms with Crippen molar-refractivity contribution < 1.29 is 18.1 Å². The molecule has 1 aromatic heterocycles. The van der Waals surface area contributed by atoms with E-state index in [-0.39, 0.29) is 5.69 Å². The van der Waals surface area contributed by atoms with Crippen molar-refractivity contribution in [3.63, 3.8) is 0 Å². The molecule has 0 radical (unpaired) electrons. The Morgan fingerprint density at radius 2 is 2.10 bits per heavy atom. The van der Waals surface area contributed by atoms with E-state index in [0.717, 1.165) is 17.0 Å². The third-order valence-corrected chi connectivity index (χ3v) is 3.25. The van der Waals surface area contributed by atoms with Gasteiger partial charge in [-0.2, -0.15) is 18.3 Å². The number of anilines is 1. The molecule has 0 spiro atoms. The highest BCUT2D eigenvalue weighted by atomic mass is 32.1. The molecule has 0 saturated heterocycles. The van der Waals surface area contributed by atoms with E-state index in [1.165, 1.54) is 17.6 Å². The first-order valence-corrected chi connectivity index (χ1v) is 6.44. The first-order valence-electron chi connectivity index (χ1n) is 5.56. The van der Waals surface area contributed by atoms with Gasteiger partial charge in [0.2, 0.25) is 0 Å². The number of nitrogens with one attached hydrogen (secondary N) is 1. The summed E-state index contributed by atoms with van der Waals surface area (Å²) in [7, 11) is 0. The van der Waals surface area contributed by atoms with Gasteiger partial charge in [0.05, 0.1) is 22.4 Å². The molecule has 0 unspecified atom stereocenters. The summed E-state index contributed by atoms with van der Waals surface area (Å²) in [5.41, 5.74) is 0.143. The van der Waals surface area contributed by atoms with Gasteiger partial charge in [0, 0.05) is 17.0 Å². The van der Waals surface area contributed by atoms with Crippen LogP contribution in [0.25, 0.3) is 0 Å². The van der Waals surface area contributed by atoms with Crippen LogP contribution in [0, 0.1) is 10.1 Å². The second kappa shape index (κ2) is 5.92. The number of hydrogen-bond donors (Lipinski definition) is 1. The maximum absolute atomic E-state index is 12.9. The van der Waals surface area contributed by atoms with Crippen molar-refractivity contribution >= 4 is 28.9 Å². The summed E-state index contributed by atoms with van der Waals surface area (Å²) in [5.74, 6) is 0. The molecule has 0 aliphatic heterocycles. The van der Waals surface area contributed by atoms with Crippen LogP contribution in [0.2, 0.25) is 0 Å². The number of thiophene rings is 1. The van der Waals surface area contributed by atoms with Crippen LogP contribution in [-0.2, 0) is 6.18 Å². The largest absolute Gasteiger partial charge is 0.418 e.